The Kier molecular flexibility index (Phi) is 5.58. The van der Waals surface area contributed by atoms with Crippen molar-refractivity contribution in [2.24, 2.45) is 0 Å². The van der Waals surface area contributed by atoms with Crippen molar-refractivity contribution >= 4 is 21.6 Å². The fraction of sp³-hybridized carbons (Fsp3) is 0.235. The van der Waals surface area contributed by atoms with E-state index in [0.717, 1.165) is 16.7 Å². The molecule has 0 aliphatic rings. The number of nitrogen functional groups attached to an aromatic ring is 1. The second-order valence-corrected chi connectivity index (χ2v) is 7.25. The van der Waals surface area contributed by atoms with E-state index in [-0.39, 0.29) is 23.9 Å². The second kappa shape index (κ2) is 7.46. The van der Waals surface area contributed by atoms with Crippen LogP contribution < -0.4 is 15.8 Å². The van der Waals surface area contributed by atoms with Crippen molar-refractivity contribution in [3.8, 4) is 11.1 Å². The number of benzene rings is 2. The summed E-state index contributed by atoms with van der Waals surface area (Å²) in [6.45, 7) is 3.74. The maximum Gasteiger partial charge on any atom is 0.240 e. The third kappa shape index (κ3) is 4.56. The topological polar surface area (TPSA) is 101 Å². The lowest BCUT2D eigenvalue weighted by molar-refractivity contribution is -0.118. The molecule has 24 heavy (non-hydrogen) atoms. The van der Waals surface area contributed by atoms with Gasteiger partial charge in [-0.25, -0.2) is 13.1 Å². The number of hydrogen-bond acceptors (Lipinski definition) is 4. The summed E-state index contributed by atoms with van der Waals surface area (Å²) in [5.41, 5.74) is 9.41. The highest BCUT2D eigenvalue weighted by molar-refractivity contribution is 7.89. The molecular weight excluding hydrogens is 326 g/mol. The van der Waals surface area contributed by atoms with Gasteiger partial charge in [0.15, 0.2) is 0 Å². The van der Waals surface area contributed by atoms with Gasteiger partial charge in [0.2, 0.25) is 15.9 Å². The predicted octanol–water partition coefficient (Wildman–Crippen LogP) is 1.66. The SMILES string of the molecule is CC(=O)NCCNS(=O)(=O)c1ccc(-c2cc(N)ccc2C)cc1. The van der Waals surface area contributed by atoms with Gasteiger partial charge in [0.05, 0.1) is 4.90 Å². The summed E-state index contributed by atoms with van der Waals surface area (Å²) in [5, 5.41) is 2.53. The molecule has 0 saturated heterocycles. The molecule has 0 aliphatic carbocycles. The monoisotopic (exact) mass is 347 g/mol. The minimum atomic E-state index is -3.60. The number of nitrogens with two attached hydrogens (primary N) is 1. The van der Waals surface area contributed by atoms with Crippen molar-refractivity contribution in [1.82, 2.24) is 10.0 Å². The van der Waals surface area contributed by atoms with E-state index in [1.165, 1.54) is 6.92 Å². The summed E-state index contributed by atoms with van der Waals surface area (Å²) >= 11 is 0. The number of carbonyl (C=O) groups excluding carboxylic acids is 1. The second-order valence-electron chi connectivity index (χ2n) is 5.48. The molecule has 7 heteroatoms. The number of anilines is 1. The van der Waals surface area contributed by atoms with Gasteiger partial charge in [-0.15, -0.1) is 0 Å². The van der Waals surface area contributed by atoms with Gasteiger partial charge < -0.3 is 11.1 Å². The molecule has 0 spiro atoms. The molecule has 0 aliphatic heterocycles. The summed E-state index contributed by atoms with van der Waals surface area (Å²) in [6.07, 6.45) is 0. The van der Waals surface area contributed by atoms with E-state index in [4.69, 9.17) is 5.73 Å². The van der Waals surface area contributed by atoms with E-state index in [1.54, 1.807) is 24.3 Å². The number of hydrogen-bond donors (Lipinski definition) is 3. The van der Waals surface area contributed by atoms with E-state index >= 15 is 0 Å². The van der Waals surface area contributed by atoms with Crippen molar-refractivity contribution in [3.63, 3.8) is 0 Å². The Bertz CT molecular complexity index is 831. The fourth-order valence-electron chi connectivity index (χ4n) is 2.27. The van der Waals surface area contributed by atoms with Gasteiger partial charge in [-0.1, -0.05) is 18.2 Å². The molecule has 0 heterocycles. The van der Waals surface area contributed by atoms with Gasteiger partial charge in [-0.05, 0) is 47.9 Å². The average molecular weight is 347 g/mol. The Morgan fingerprint density at radius 3 is 2.38 bits per heavy atom. The van der Waals surface area contributed by atoms with Crippen LogP contribution in [0.4, 0.5) is 5.69 Å². The van der Waals surface area contributed by atoms with E-state index in [2.05, 4.69) is 10.0 Å². The lowest BCUT2D eigenvalue weighted by atomic mass is 10.0. The average Bonchev–Trinajstić information content (AvgIpc) is 2.54. The zero-order valence-corrected chi connectivity index (χ0v) is 14.5. The molecule has 0 radical (unpaired) electrons. The zero-order chi connectivity index (χ0) is 17.7. The highest BCUT2D eigenvalue weighted by Gasteiger charge is 2.13. The molecule has 2 aromatic rings. The van der Waals surface area contributed by atoms with Crippen molar-refractivity contribution in [2.75, 3.05) is 18.8 Å². The highest BCUT2D eigenvalue weighted by atomic mass is 32.2. The molecule has 0 atom stereocenters. The van der Waals surface area contributed by atoms with E-state index in [9.17, 15) is 13.2 Å². The van der Waals surface area contributed by atoms with Gasteiger partial charge in [-0.2, -0.15) is 0 Å². The van der Waals surface area contributed by atoms with Crippen LogP contribution in [-0.2, 0) is 14.8 Å². The van der Waals surface area contributed by atoms with Gasteiger partial charge in [0.1, 0.15) is 0 Å². The number of nitrogens with one attached hydrogen (secondary N) is 2. The van der Waals surface area contributed by atoms with Crippen LogP contribution in [0.15, 0.2) is 47.4 Å². The van der Waals surface area contributed by atoms with Crippen molar-refractivity contribution in [2.45, 2.75) is 18.7 Å². The number of rotatable bonds is 6. The molecule has 0 fully saturated rings. The van der Waals surface area contributed by atoms with Crippen LogP contribution in [0.3, 0.4) is 0 Å². The molecule has 0 bridgehead atoms. The quantitative estimate of drug-likeness (QED) is 0.546. The van der Waals surface area contributed by atoms with E-state index in [0.29, 0.717) is 5.69 Å². The molecule has 4 N–H and O–H groups in total. The lowest BCUT2D eigenvalue weighted by Crippen LogP contribution is -2.33. The Morgan fingerprint density at radius 1 is 1.08 bits per heavy atom. The first-order valence-electron chi connectivity index (χ1n) is 7.50. The third-order valence-corrected chi connectivity index (χ3v) is 5.01. The largest absolute Gasteiger partial charge is 0.399 e. The third-order valence-electron chi connectivity index (χ3n) is 3.53. The van der Waals surface area contributed by atoms with Gasteiger partial charge in [0.25, 0.3) is 0 Å². The maximum atomic E-state index is 12.2. The first-order valence-corrected chi connectivity index (χ1v) is 8.98. The maximum absolute atomic E-state index is 12.2. The first kappa shape index (κ1) is 18.0. The van der Waals surface area contributed by atoms with Crippen LogP contribution >= 0.6 is 0 Å². The summed E-state index contributed by atoms with van der Waals surface area (Å²) in [6, 6.07) is 12.2. The zero-order valence-electron chi connectivity index (χ0n) is 13.7. The molecule has 6 nitrogen and oxygen atoms in total. The minimum absolute atomic E-state index is 0.137. The lowest BCUT2D eigenvalue weighted by Gasteiger charge is -2.10. The Balaban J connectivity index is 2.13. The van der Waals surface area contributed by atoms with Crippen molar-refractivity contribution in [3.05, 3.63) is 48.0 Å². The molecule has 0 saturated carbocycles. The Labute approximate surface area is 142 Å². The molecule has 2 aromatic carbocycles. The molecule has 2 rings (SSSR count). The minimum Gasteiger partial charge on any atom is -0.399 e. The molecule has 0 unspecified atom stereocenters. The van der Waals surface area contributed by atoms with Crippen LogP contribution in [0.25, 0.3) is 11.1 Å². The summed E-state index contributed by atoms with van der Waals surface area (Å²) in [5.74, 6) is -0.198. The number of amides is 1. The van der Waals surface area contributed by atoms with Crippen LogP contribution in [0.1, 0.15) is 12.5 Å². The normalized spacial score (nSPS) is 11.2. The fourth-order valence-corrected chi connectivity index (χ4v) is 3.30. The van der Waals surface area contributed by atoms with Crippen LogP contribution in [0.5, 0.6) is 0 Å². The van der Waals surface area contributed by atoms with Gasteiger partial charge in [0, 0.05) is 25.7 Å². The van der Waals surface area contributed by atoms with E-state index in [1.807, 2.05) is 25.1 Å². The van der Waals surface area contributed by atoms with Gasteiger partial charge >= 0.3 is 0 Å². The summed E-state index contributed by atoms with van der Waals surface area (Å²) < 4.78 is 26.9. The Morgan fingerprint density at radius 2 is 1.75 bits per heavy atom. The summed E-state index contributed by atoms with van der Waals surface area (Å²) in [7, 11) is -3.60. The first-order chi connectivity index (χ1) is 11.3. The highest BCUT2D eigenvalue weighted by Crippen LogP contribution is 2.26. The van der Waals surface area contributed by atoms with E-state index < -0.39 is 10.0 Å². The molecule has 0 aromatic heterocycles. The van der Waals surface area contributed by atoms with Crippen LogP contribution in [0, 0.1) is 6.92 Å². The summed E-state index contributed by atoms with van der Waals surface area (Å²) in [4.78, 5) is 10.9. The number of carbonyl (C=O) groups is 1. The van der Waals surface area contributed by atoms with Crippen molar-refractivity contribution in [1.29, 1.82) is 0 Å². The number of sulfonamides is 1. The Hall–Kier alpha value is -2.38. The molecule has 128 valence electrons. The van der Waals surface area contributed by atoms with Gasteiger partial charge in [-0.3, -0.25) is 4.79 Å². The van der Waals surface area contributed by atoms with Crippen LogP contribution in [0.2, 0.25) is 0 Å². The molecule has 1 amide bonds. The standard InChI is InChI=1S/C17H21N3O3S/c1-12-3-6-15(18)11-17(12)14-4-7-16(8-5-14)24(22,23)20-10-9-19-13(2)21/h3-8,11,20H,9-10,18H2,1-2H3,(H,19,21). The van der Waals surface area contributed by atoms with Crippen LogP contribution in [-0.4, -0.2) is 27.4 Å². The number of aryl methyl sites for hydroxylation is 1. The molecular formula is C17H21N3O3S. The predicted molar refractivity (Wildman–Crippen MR) is 94.9 cm³/mol. The van der Waals surface area contributed by atoms with Crippen molar-refractivity contribution < 1.29 is 13.2 Å². The smallest absolute Gasteiger partial charge is 0.240 e.